The Labute approximate surface area is 343 Å². The second-order valence-electron chi connectivity index (χ2n) is 17.4. The molecule has 4 saturated carbocycles. The number of fused-ring (bicyclic) bond motifs is 2. The smallest absolute Gasteiger partial charge is 0.137 e. The first-order valence-corrected chi connectivity index (χ1v) is 23.7. The first kappa shape index (κ1) is 39.3. The van der Waals surface area contributed by atoms with Gasteiger partial charge in [-0.15, -0.1) is 0 Å². The Morgan fingerprint density at radius 3 is 1.77 bits per heavy atom. The second-order valence-corrected chi connectivity index (χ2v) is 20.7. The van der Waals surface area contributed by atoms with Crippen LogP contribution < -0.4 is 4.98 Å². The summed E-state index contributed by atoms with van der Waals surface area (Å²) >= 11 is 7.02. The summed E-state index contributed by atoms with van der Waals surface area (Å²) < 4.78 is 9.97. The van der Waals surface area contributed by atoms with Crippen LogP contribution in [0.5, 0.6) is 5.75 Å². The zero-order valence-corrected chi connectivity index (χ0v) is 37.6. The van der Waals surface area contributed by atoms with Crippen LogP contribution in [0, 0.1) is 38.5 Å². The molecule has 282 valence electrons. The van der Waals surface area contributed by atoms with E-state index in [0.29, 0.717) is 11.3 Å². The normalized spacial score (nSPS) is 23.8. The molecule has 0 amide bonds. The summed E-state index contributed by atoms with van der Waals surface area (Å²) in [7, 11) is 0. The van der Waals surface area contributed by atoms with Gasteiger partial charge in [-0.3, -0.25) is 0 Å². The Morgan fingerprint density at radius 1 is 0.736 bits per heavy atom. The summed E-state index contributed by atoms with van der Waals surface area (Å²) in [5.74, 6) is 3.48. The minimum absolute atomic E-state index is 0.176. The van der Waals surface area contributed by atoms with Crippen molar-refractivity contribution in [3.05, 3.63) is 108 Å². The molecule has 4 fully saturated rings. The average molecular weight is 922 g/mol. The molecule has 6 aliphatic rings. The van der Waals surface area contributed by atoms with Crippen LogP contribution in [0.2, 0.25) is 0 Å². The van der Waals surface area contributed by atoms with Gasteiger partial charge in [0.05, 0.1) is 4.47 Å². The predicted molar refractivity (Wildman–Crippen MR) is 225 cm³/mol. The first-order chi connectivity index (χ1) is 25.4. The molecule has 10 rings (SSSR count). The molecule has 0 aliphatic heterocycles. The fraction of sp³-hybridized carbons (Fsp3) is 0.511. The minimum Gasteiger partial charge on any atom is -0.665 e. The maximum atomic E-state index is 11.0. The molecule has 0 spiro atoms. The third kappa shape index (κ3) is 8.89. The molecule has 4 aromatic rings. The monoisotopic (exact) mass is 921 g/mol. The number of benzene rings is 3. The Hall–Kier alpha value is -1.94. The number of rotatable bonds is 4. The van der Waals surface area contributed by atoms with Crippen molar-refractivity contribution in [3.63, 3.8) is 0 Å². The zero-order valence-electron chi connectivity index (χ0n) is 32.4. The molecule has 3 aromatic carbocycles. The van der Waals surface area contributed by atoms with Gasteiger partial charge < -0.3 is 10.1 Å². The number of aromatic hydroxyl groups is 1. The van der Waals surface area contributed by atoms with Crippen LogP contribution in [0.15, 0.2) is 67.0 Å². The van der Waals surface area contributed by atoms with E-state index in [1.807, 2.05) is 26.0 Å². The molecular weight excluding hydrogens is 864 g/mol. The van der Waals surface area contributed by atoms with Crippen molar-refractivity contribution in [2.45, 2.75) is 135 Å². The van der Waals surface area contributed by atoms with Gasteiger partial charge in [0.15, 0.2) is 0 Å². The molecule has 53 heavy (non-hydrogen) atoms. The fourth-order valence-electron chi connectivity index (χ4n) is 10.4. The summed E-state index contributed by atoms with van der Waals surface area (Å²) in [5, 5.41) is 11.0. The number of aromatic nitrogens is 1. The van der Waals surface area contributed by atoms with E-state index in [4.69, 9.17) is 3.50 Å². The van der Waals surface area contributed by atoms with Crippen LogP contribution in [0.1, 0.15) is 123 Å². The van der Waals surface area contributed by atoms with Crippen molar-refractivity contribution in [3.8, 4) is 16.9 Å². The maximum absolute atomic E-state index is 11.0. The van der Waals surface area contributed by atoms with Crippen LogP contribution >= 0.6 is 31.9 Å². The number of hydrogen-bond acceptors (Lipinski definition) is 2. The molecule has 6 heteroatoms. The number of halogens is 2. The van der Waals surface area contributed by atoms with Crippen molar-refractivity contribution in [1.82, 2.24) is 4.98 Å². The first-order valence-electron chi connectivity index (χ1n) is 20.1. The third-order valence-electron chi connectivity index (χ3n) is 12.7. The quantitative estimate of drug-likeness (QED) is 0.207. The standard InChI is InChI=1S/C21H22Br2O.C10H15N.C10H12.C6H8N.Mo/c1-12-17(22)10-13-6-2-4-8-15(13)19(12)20-16-9-5-3-7-14(16)11-18(23)21(20)24;11-10-4-7-1-8(5-10)3-9(2-7)6-10;1-10(2,3)9-7-5-4-6-8-9;1-5-3-4-6(2)7-5;/h10-11,24H,2-9H2,1H3;7-9H,1-6H2;1,4-8H,2-3H3;3-4H,1-2H3;/q;;;-1;. The summed E-state index contributed by atoms with van der Waals surface area (Å²) in [4.78, 5) is 4.11. The van der Waals surface area contributed by atoms with Crippen LogP contribution in [0.25, 0.3) is 11.1 Å². The van der Waals surface area contributed by atoms with E-state index in [1.165, 1.54) is 108 Å². The predicted octanol–water partition coefficient (Wildman–Crippen LogP) is 12.9. The minimum atomic E-state index is -0.353. The van der Waals surface area contributed by atoms with Crippen molar-refractivity contribution in [1.29, 1.82) is 0 Å². The molecule has 0 unspecified atom stereocenters. The zero-order chi connectivity index (χ0) is 37.3. The van der Waals surface area contributed by atoms with Crippen molar-refractivity contribution < 1.29 is 23.0 Å². The van der Waals surface area contributed by atoms with Crippen molar-refractivity contribution in [2.75, 3.05) is 0 Å². The number of phenols is 1. The Kier molecular flexibility index (Phi) is 12.3. The van der Waals surface area contributed by atoms with E-state index in [-0.39, 0.29) is 23.3 Å². The third-order valence-corrected chi connectivity index (χ3v) is 17.1. The maximum Gasteiger partial charge on any atom is 0.137 e. The summed E-state index contributed by atoms with van der Waals surface area (Å²) in [6.07, 6.45) is 18.3. The second kappa shape index (κ2) is 16.7. The van der Waals surface area contributed by atoms with E-state index in [9.17, 15) is 5.11 Å². The van der Waals surface area contributed by atoms with Crippen LogP contribution in [-0.4, -0.2) is 15.0 Å². The van der Waals surface area contributed by atoms with Crippen LogP contribution in [0.3, 0.4) is 0 Å². The van der Waals surface area contributed by atoms with Gasteiger partial charge in [-0.05, 0) is 120 Å². The topological polar surface area (TPSA) is 46.7 Å². The molecule has 6 aliphatic carbocycles. The molecule has 0 saturated heterocycles. The molecule has 3 nitrogen and oxygen atoms in total. The molecule has 4 bridgehead atoms. The number of phenolic OH excluding ortho intramolecular Hbond substituents is 1. The molecular formula is C47H57Br2MoN2O-. The number of hydrogen-bond donors (Lipinski definition) is 1. The fourth-order valence-corrected chi connectivity index (χ4v) is 13.6. The summed E-state index contributed by atoms with van der Waals surface area (Å²) in [5.41, 5.74) is 13.6. The molecule has 0 atom stereocenters. The van der Waals surface area contributed by atoms with E-state index in [1.54, 1.807) is 0 Å². The molecule has 0 radical (unpaired) electrons. The van der Waals surface area contributed by atoms with Crippen LogP contribution in [0.4, 0.5) is 0 Å². The van der Waals surface area contributed by atoms with E-state index < -0.39 is 0 Å². The molecule has 1 aromatic heterocycles. The SMILES string of the molecule is CC(C)([CH]=[Mo]=[N]C12CC3CC(CC(C3)C1)C2)c1ccccc1.Cc1c(Br)cc2c(c1-c1c(O)c(Br)cc3c1CCCC3)CCCC2.Cc1ccc(C)[n-]1. The van der Waals surface area contributed by atoms with Gasteiger partial charge in [0.1, 0.15) is 5.75 Å². The van der Waals surface area contributed by atoms with Gasteiger partial charge in [0.2, 0.25) is 0 Å². The molecule has 1 N–H and O–H groups in total. The van der Waals surface area contributed by atoms with Crippen molar-refractivity contribution in [2.24, 2.45) is 21.2 Å². The summed E-state index contributed by atoms with van der Waals surface area (Å²) in [6, 6.07) is 19.4. The van der Waals surface area contributed by atoms with Gasteiger partial charge in [-0.25, -0.2) is 0 Å². The van der Waals surface area contributed by atoms with Gasteiger partial charge >= 0.3 is 143 Å². The number of nitrogens with zero attached hydrogens (tertiary/aromatic N) is 2. The Morgan fingerprint density at radius 2 is 1.25 bits per heavy atom. The Bertz CT molecular complexity index is 1880. The molecule has 1 heterocycles. The summed E-state index contributed by atoms with van der Waals surface area (Å²) in [6.45, 7) is 10.9. The van der Waals surface area contributed by atoms with Gasteiger partial charge in [0, 0.05) is 10.0 Å². The van der Waals surface area contributed by atoms with Crippen LogP contribution in [-0.2, 0) is 49.0 Å². The Balaban J connectivity index is 0.000000139. The van der Waals surface area contributed by atoms with E-state index in [2.05, 4.69) is 104 Å². The van der Waals surface area contributed by atoms with Gasteiger partial charge in [0.25, 0.3) is 0 Å². The van der Waals surface area contributed by atoms with Gasteiger partial charge in [-0.1, -0.05) is 41.9 Å². The van der Waals surface area contributed by atoms with Gasteiger partial charge in [-0.2, -0.15) is 11.4 Å². The largest absolute Gasteiger partial charge is 0.665 e. The van der Waals surface area contributed by atoms with E-state index in [0.717, 1.165) is 64.9 Å². The van der Waals surface area contributed by atoms with E-state index >= 15 is 0 Å². The number of aryl methyl sites for hydroxylation is 4. The van der Waals surface area contributed by atoms with Crippen molar-refractivity contribution >= 4 is 36.3 Å². The average Bonchev–Trinajstić information content (AvgIpc) is 3.52.